The van der Waals surface area contributed by atoms with E-state index >= 15 is 0 Å². The lowest BCUT2D eigenvalue weighted by Crippen LogP contribution is -2.43. The predicted molar refractivity (Wildman–Crippen MR) is 81.0 cm³/mol. The summed E-state index contributed by atoms with van der Waals surface area (Å²) >= 11 is 1.53. The van der Waals surface area contributed by atoms with Crippen LogP contribution in [0.1, 0.15) is 42.2 Å². The van der Waals surface area contributed by atoms with E-state index in [9.17, 15) is 4.79 Å². The maximum atomic E-state index is 12.3. The zero-order valence-corrected chi connectivity index (χ0v) is 13.1. The van der Waals surface area contributed by atoms with Crippen LogP contribution in [0.25, 0.3) is 0 Å². The summed E-state index contributed by atoms with van der Waals surface area (Å²) in [5, 5.41) is 2.81. The van der Waals surface area contributed by atoms with Gasteiger partial charge in [-0.2, -0.15) is 0 Å². The Kier molecular flexibility index (Phi) is 5.77. The number of likely N-dealkylation sites (tertiary alicyclic amines) is 1. The number of carbonyl (C=O) groups excluding carboxylic acids is 1. The molecule has 1 aromatic heterocycles. The topological polar surface area (TPSA) is 59.2 Å². The van der Waals surface area contributed by atoms with Crippen molar-refractivity contribution in [3.05, 3.63) is 16.1 Å². The fourth-order valence-electron chi connectivity index (χ4n) is 2.41. The van der Waals surface area contributed by atoms with Gasteiger partial charge >= 0.3 is 0 Å². The van der Waals surface area contributed by atoms with Crippen molar-refractivity contribution < 1.29 is 4.79 Å². The second-order valence-electron chi connectivity index (χ2n) is 5.66. The number of halogens is 1. The average molecular weight is 304 g/mol. The van der Waals surface area contributed by atoms with E-state index in [-0.39, 0.29) is 23.7 Å². The van der Waals surface area contributed by atoms with E-state index in [1.165, 1.54) is 17.8 Å². The first-order valence-electron chi connectivity index (χ1n) is 6.45. The summed E-state index contributed by atoms with van der Waals surface area (Å²) < 4.78 is 0. The summed E-state index contributed by atoms with van der Waals surface area (Å²) in [6, 6.07) is 0. The highest BCUT2D eigenvalue weighted by Gasteiger charge is 2.30. The molecular weight excluding hydrogens is 282 g/mol. The van der Waals surface area contributed by atoms with E-state index in [4.69, 9.17) is 5.73 Å². The van der Waals surface area contributed by atoms with Gasteiger partial charge < -0.3 is 10.6 Å². The van der Waals surface area contributed by atoms with Crippen molar-refractivity contribution in [3.63, 3.8) is 0 Å². The van der Waals surface area contributed by atoms with E-state index in [1.54, 1.807) is 0 Å². The minimum atomic E-state index is 0. The van der Waals surface area contributed by atoms with Crippen LogP contribution in [0.4, 0.5) is 0 Å². The highest BCUT2D eigenvalue weighted by molar-refractivity contribution is 7.09. The zero-order valence-electron chi connectivity index (χ0n) is 11.5. The third-order valence-electron chi connectivity index (χ3n) is 3.32. The van der Waals surface area contributed by atoms with Gasteiger partial charge in [0.25, 0.3) is 5.91 Å². The number of rotatable bonds is 3. The SMILES string of the molecule is CC1(C)CCCN(C(=O)c2csc(CCN)n2)C1.Cl. The molecule has 108 valence electrons. The minimum absolute atomic E-state index is 0. The quantitative estimate of drug-likeness (QED) is 0.932. The van der Waals surface area contributed by atoms with Crippen LogP contribution in [0.5, 0.6) is 0 Å². The van der Waals surface area contributed by atoms with Crippen LogP contribution in [0.15, 0.2) is 5.38 Å². The Hall–Kier alpha value is -0.650. The fourth-order valence-corrected chi connectivity index (χ4v) is 3.19. The monoisotopic (exact) mass is 303 g/mol. The van der Waals surface area contributed by atoms with Gasteiger partial charge in [0.1, 0.15) is 5.69 Å². The Morgan fingerprint density at radius 3 is 2.95 bits per heavy atom. The van der Waals surface area contributed by atoms with E-state index in [0.717, 1.165) is 30.9 Å². The second kappa shape index (κ2) is 6.68. The van der Waals surface area contributed by atoms with Crippen LogP contribution in [0.2, 0.25) is 0 Å². The Balaban J connectivity index is 0.00000180. The van der Waals surface area contributed by atoms with Crippen LogP contribution in [0.3, 0.4) is 0 Å². The molecule has 2 N–H and O–H groups in total. The molecule has 1 amide bonds. The van der Waals surface area contributed by atoms with E-state index in [1.807, 2.05) is 10.3 Å². The number of thiazole rings is 1. The summed E-state index contributed by atoms with van der Waals surface area (Å²) in [6.45, 7) is 6.69. The molecule has 1 fully saturated rings. The van der Waals surface area contributed by atoms with Gasteiger partial charge in [-0.15, -0.1) is 23.7 Å². The van der Waals surface area contributed by atoms with Crippen molar-refractivity contribution in [3.8, 4) is 0 Å². The largest absolute Gasteiger partial charge is 0.337 e. The summed E-state index contributed by atoms with van der Waals surface area (Å²) in [4.78, 5) is 18.6. The van der Waals surface area contributed by atoms with Crippen molar-refractivity contribution in [2.75, 3.05) is 19.6 Å². The molecule has 0 atom stereocenters. The highest BCUT2D eigenvalue weighted by Crippen LogP contribution is 2.29. The lowest BCUT2D eigenvalue weighted by atomic mass is 9.84. The normalized spacial score (nSPS) is 17.9. The van der Waals surface area contributed by atoms with Crippen molar-refractivity contribution in [2.45, 2.75) is 33.1 Å². The number of aromatic nitrogens is 1. The van der Waals surface area contributed by atoms with Crippen molar-refractivity contribution in [1.82, 2.24) is 9.88 Å². The molecule has 0 unspecified atom stereocenters. The molecule has 2 heterocycles. The number of hydrogen-bond acceptors (Lipinski definition) is 4. The second-order valence-corrected chi connectivity index (χ2v) is 6.60. The number of carbonyl (C=O) groups is 1. The molecule has 2 rings (SSSR count). The van der Waals surface area contributed by atoms with Crippen LogP contribution in [-0.2, 0) is 6.42 Å². The molecule has 0 aliphatic carbocycles. The molecule has 1 saturated heterocycles. The Morgan fingerprint density at radius 1 is 1.58 bits per heavy atom. The van der Waals surface area contributed by atoms with E-state index in [2.05, 4.69) is 18.8 Å². The van der Waals surface area contributed by atoms with Crippen molar-refractivity contribution in [2.24, 2.45) is 11.1 Å². The Labute approximate surface area is 124 Å². The van der Waals surface area contributed by atoms with Crippen LogP contribution in [0, 0.1) is 5.41 Å². The molecule has 0 radical (unpaired) electrons. The molecule has 0 bridgehead atoms. The molecule has 0 aromatic carbocycles. The average Bonchev–Trinajstić information content (AvgIpc) is 2.76. The maximum absolute atomic E-state index is 12.3. The minimum Gasteiger partial charge on any atom is -0.337 e. The Morgan fingerprint density at radius 2 is 2.32 bits per heavy atom. The number of hydrogen-bond donors (Lipinski definition) is 1. The smallest absolute Gasteiger partial charge is 0.273 e. The first-order chi connectivity index (χ1) is 8.52. The molecule has 1 aliphatic rings. The van der Waals surface area contributed by atoms with Gasteiger partial charge in [0.2, 0.25) is 0 Å². The number of nitrogens with zero attached hydrogens (tertiary/aromatic N) is 2. The molecule has 19 heavy (non-hydrogen) atoms. The molecular formula is C13H22ClN3OS. The third-order valence-corrected chi connectivity index (χ3v) is 4.23. The van der Waals surface area contributed by atoms with Gasteiger partial charge in [-0.3, -0.25) is 4.79 Å². The van der Waals surface area contributed by atoms with Gasteiger partial charge in [-0.05, 0) is 24.8 Å². The maximum Gasteiger partial charge on any atom is 0.273 e. The molecule has 4 nitrogen and oxygen atoms in total. The third kappa shape index (κ3) is 4.16. The van der Waals surface area contributed by atoms with Crippen LogP contribution < -0.4 is 5.73 Å². The van der Waals surface area contributed by atoms with Crippen molar-refractivity contribution in [1.29, 1.82) is 0 Å². The summed E-state index contributed by atoms with van der Waals surface area (Å²) in [6.07, 6.45) is 3.02. The number of amides is 1. The summed E-state index contributed by atoms with van der Waals surface area (Å²) in [5.74, 6) is 0.0716. The predicted octanol–water partition coefficient (Wildman–Crippen LogP) is 2.33. The lowest BCUT2D eigenvalue weighted by molar-refractivity contribution is 0.0578. The first-order valence-corrected chi connectivity index (χ1v) is 7.33. The van der Waals surface area contributed by atoms with Gasteiger partial charge in [-0.25, -0.2) is 4.98 Å². The lowest BCUT2D eigenvalue weighted by Gasteiger charge is -2.37. The zero-order chi connectivity index (χ0) is 13.2. The first kappa shape index (κ1) is 16.4. The number of piperidine rings is 1. The van der Waals surface area contributed by atoms with Gasteiger partial charge in [-0.1, -0.05) is 13.8 Å². The summed E-state index contributed by atoms with van der Waals surface area (Å²) in [5.41, 5.74) is 6.31. The molecule has 1 aromatic rings. The van der Waals surface area contributed by atoms with Crippen molar-refractivity contribution >= 4 is 29.7 Å². The standard InChI is InChI=1S/C13H21N3OS.ClH/c1-13(2)5-3-7-16(9-13)12(17)10-8-18-11(15-10)4-6-14;/h8H,3-7,9,14H2,1-2H3;1H. The molecule has 6 heteroatoms. The van der Waals surface area contributed by atoms with E-state index in [0.29, 0.717) is 12.2 Å². The highest BCUT2D eigenvalue weighted by atomic mass is 35.5. The molecule has 1 aliphatic heterocycles. The van der Waals surface area contributed by atoms with Crippen LogP contribution >= 0.6 is 23.7 Å². The number of nitrogens with two attached hydrogens (primary N) is 1. The van der Waals surface area contributed by atoms with Gasteiger partial charge in [0.15, 0.2) is 0 Å². The fraction of sp³-hybridized carbons (Fsp3) is 0.692. The van der Waals surface area contributed by atoms with E-state index < -0.39 is 0 Å². The van der Waals surface area contributed by atoms with Gasteiger partial charge in [0, 0.05) is 24.9 Å². The van der Waals surface area contributed by atoms with Gasteiger partial charge in [0.05, 0.1) is 5.01 Å². The summed E-state index contributed by atoms with van der Waals surface area (Å²) in [7, 11) is 0. The molecule has 0 spiro atoms. The molecule has 0 saturated carbocycles. The van der Waals surface area contributed by atoms with Crippen LogP contribution in [-0.4, -0.2) is 35.4 Å². The Bertz CT molecular complexity index is 433.